The first-order chi connectivity index (χ1) is 9.69. The Labute approximate surface area is 120 Å². The third-order valence-corrected chi connectivity index (χ3v) is 3.13. The van der Waals surface area contributed by atoms with E-state index in [0.29, 0.717) is 23.9 Å². The topological polar surface area (TPSA) is 78.0 Å². The third kappa shape index (κ3) is 2.96. The number of pyridine rings is 1. The van der Waals surface area contributed by atoms with E-state index < -0.39 is 11.9 Å². The quantitative estimate of drug-likeness (QED) is 0.620. The molecule has 0 aliphatic carbocycles. The van der Waals surface area contributed by atoms with E-state index >= 15 is 0 Å². The zero-order valence-electron chi connectivity index (χ0n) is 10.9. The summed E-state index contributed by atoms with van der Waals surface area (Å²) in [5.74, 6) is 5.08. The van der Waals surface area contributed by atoms with Gasteiger partial charge >= 0.3 is 0 Å². The van der Waals surface area contributed by atoms with Crippen LogP contribution in [0.1, 0.15) is 17.4 Å². The second kappa shape index (κ2) is 6.76. The molecule has 0 radical (unpaired) electrons. The van der Waals surface area contributed by atoms with Crippen LogP contribution in [0.15, 0.2) is 24.5 Å². The van der Waals surface area contributed by atoms with Crippen molar-refractivity contribution in [3.8, 4) is 0 Å². The molecule has 3 N–H and O–H groups in total. The van der Waals surface area contributed by atoms with Gasteiger partial charge in [0, 0.05) is 13.3 Å². The molecule has 0 fully saturated rings. The molecule has 2 aromatic rings. The molecule has 1 atom stereocenters. The number of nitrogens with zero attached hydrogens (tertiary/aromatic N) is 3. The fraction of sp³-hybridized carbons (Fsp3) is 0.333. The summed E-state index contributed by atoms with van der Waals surface area (Å²) >= 11 is 6.13. The average Bonchev–Trinajstić information content (AvgIpc) is 2.81. The number of aromatic nitrogens is 3. The molecule has 0 aliphatic rings. The molecule has 8 heteroatoms. The molecule has 0 aromatic carbocycles. The lowest BCUT2D eigenvalue weighted by Gasteiger charge is -2.18. The van der Waals surface area contributed by atoms with Gasteiger partial charge in [-0.2, -0.15) is 5.10 Å². The van der Waals surface area contributed by atoms with Crippen molar-refractivity contribution >= 4 is 11.6 Å². The van der Waals surface area contributed by atoms with Crippen molar-refractivity contribution in [2.45, 2.75) is 12.6 Å². The van der Waals surface area contributed by atoms with Crippen molar-refractivity contribution in [1.29, 1.82) is 0 Å². The maximum atomic E-state index is 13.9. The number of halogens is 2. The van der Waals surface area contributed by atoms with Gasteiger partial charge in [-0.3, -0.25) is 15.5 Å². The molecular weight excluding hydrogens is 285 g/mol. The van der Waals surface area contributed by atoms with Crippen molar-refractivity contribution in [2.75, 3.05) is 13.7 Å². The molecule has 0 amide bonds. The van der Waals surface area contributed by atoms with Gasteiger partial charge in [-0.15, -0.1) is 0 Å². The normalized spacial score (nSPS) is 12.6. The summed E-state index contributed by atoms with van der Waals surface area (Å²) < 4.78 is 20.5. The highest BCUT2D eigenvalue weighted by Crippen LogP contribution is 2.27. The molecule has 2 heterocycles. The number of methoxy groups -OCH3 is 1. The summed E-state index contributed by atoms with van der Waals surface area (Å²) in [5, 5.41) is 4.52. The van der Waals surface area contributed by atoms with Gasteiger partial charge in [0.25, 0.3) is 0 Å². The van der Waals surface area contributed by atoms with Crippen LogP contribution in [0.2, 0.25) is 5.02 Å². The van der Waals surface area contributed by atoms with Crippen LogP contribution in [0.3, 0.4) is 0 Å². The molecule has 108 valence electrons. The first-order valence-corrected chi connectivity index (χ1v) is 6.33. The second-order valence-corrected chi connectivity index (χ2v) is 4.47. The van der Waals surface area contributed by atoms with Crippen LogP contribution in [0.5, 0.6) is 0 Å². The van der Waals surface area contributed by atoms with Gasteiger partial charge in [-0.05, 0) is 12.1 Å². The SMILES string of the molecule is COCCn1ncc(Cl)c1C(NN)c1ncccc1F. The summed E-state index contributed by atoms with van der Waals surface area (Å²) in [6, 6.07) is 2.13. The number of rotatable bonds is 6. The summed E-state index contributed by atoms with van der Waals surface area (Å²) in [6.07, 6.45) is 2.98. The van der Waals surface area contributed by atoms with E-state index in [2.05, 4.69) is 15.5 Å². The Kier molecular flexibility index (Phi) is 5.02. The van der Waals surface area contributed by atoms with Gasteiger partial charge in [-0.25, -0.2) is 9.82 Å². The molecular formula is C12H15ClFN5O. The van der Waals surface area contributed by atoms with Crippen LogP contribution < -0.4 is 11.3 Å². The maximum absolute atomic E-state index is 13.9. The molecule has 2 aromatic heterocycles. The molecule has 0 saturated carbocycles. The first kappa shape index (κ1) is 14.9. The second-order valence-electron chi connectivity index (χ2n) is 4.06. The van der Waals surface area contributed by atoms with Crippen molar-refractivity contribution in [1.82, 2.24) is 20.2 Å². The molecule has 0 aliphatic heterocycles. The van der Waals surface area contributed by atoms with Crippen LogP contribution in [0.25, 0.3) is 0 Å². The van der Waals surface area contributed by atoms with Gasteiger partial charge in [0.2, 0.25) is 0 Å². The van der Waals surface area contributed by atoms with E-state index in [0.717, 1.165) is 0 Å². The van der Waals surface area contributed by atoms with Crippen LogP contribution in [-0.4, -0.2) is 28.5 Å². The summed E-state index contributed by atoms with van der Waals surface area (Å²) in [5.41, 5.74) is 3.24. The van der Waals surface area contributed by atoms with Crippen LogP contribution in [-0.2, 0) is 11.3 Å². The zero-order valence-corrected chi connectivity index (χ0v) is 11.6. The van der Waals surface area contributed by atoms with Crippen molar-refractivity contribution in [2.24, 2.45) is 5.84 Å². The Bertz CT molecular complexity index is 577. The predicted octanol–water partition coefficient (Wildman–Crippen LogP) is 1.27. The Morgan fingerprint density at radius 1 is 1.60 bits per heavy atom. The highest BCUT2D eigenvalue weighted by molar-refractivity contribution is 6.31. The number of nitrogens with two attached hydrogens (primary N) is 1. The molecule has 2 rings (SSSR count). The van der Waals surface area contributed by atoms with E-state index in [1.54, 1.807) is 11.8 Å². The van der Waals surface area contributed by atoms with E-state index in [1.165, 1.54) is 24.5 Å². The van der Waals surface area contributed by atoms with Gasteiger partial charge in [0.1, 0.15) is 17.6 Å². The Hall–Kier alpha value is -1.54. The van der Waals surface area contributed by atoms with Gasteiger partial charge in [0.05, 0.1) is 30.1 Å². The summed E-state index contributed by atoms with van der Waals surface area (Å²) in [4.78, 5) is 4.02. The lowest BCUT2D eigenvalue weighted by atomic mass is 10.1. The Balaban J connectivity index is 2.42. The summed E-state index contributed by atoms with van der Waals surface area (Å²) in [7, 11) is 1.59. The van der Waals surface area contributed by atoms with E-state index in [-0.39, 0.29) is 5.69 Å². The molecule has 0 saturated heterocycles. The fourth-order valence-corrected chi connectivity index (χ4v) is 2.16. The van der Waals surface area contributed by atoms with Crippen molar-refractivity contribution < 1.29 is 9.13 Å². The molecule has 0 bridgehead atoms. The Morgan fingerprint density at radius 2 is 2.40 bits per heavy atom. The largest absolute Gasteiger partial charge is 0.383 e. The highest BCUT2D eigenvalue weighted by Gasteiger charge is 2.24. The van der Waals surface area contributed by atoms with Crippen LogP contribution in [0.4, 0.5) is 4.39 Å². The number of ether oxygens (including phenoxy) is 1. The fourth-order valence-electron chi connectivity index (χ4n) is 1.91. The molecule has 0 spiro atoms. The monoisotopic (exact) mass is 299 g/mol. The minimum atomic E-state index is -0.692. The Morgan fingerprint density at radius 3 is 3.05 bits per heavy atom. The minimum absolute atomic E-state index is 0.163. The van der Waals surface area contributed by atoms with E-state index in [4.69, 9.17) is 22.2 Å². The lowest BCUT2D eigenvalue weighted by Crippen LogP contribution is -2.32. The highest BCUT2D eigenvalue weighted by atomic mass is 35.5. The number of nitrogens with one attached hydrogen (secondary N) is 1. The standard InChI is InChI=1S/C12H15ClFN5O/c1-20-6-5-19-12(8(13)7-17-19)11(18-15)10-9(14)3-2-4-16-10/h2-4,7,11,18H,5-6,15H2,1H3. The van der Waals surface area contributed by atoms with E-state index in [1.807, 2.05) is 0 Å². The molecule has 6 nitrogen and oxygen atoms in total. The van der Waals surface area contributed by atoms with Gasteiger partial charge in [0.15, 0.2) is 0 Å². The first-order valence-electron chi connectivity index (χ1n) is 5.95. The maximum Gasteiger partial charge on any atom is 0.146 e. The van der Waals surface area contributed by atoms with Crippen LogP contribution >= 0.6 is 11.6 Å². The van der Waals surface area contributed by atoms with Gasteiger partial charge < -0.3 is 4.74 Å². The molecule has 20 heavy (non-hydrogen) atoms. The van der Waals surface area contributed by atoms with Crippen molar-refractivity contribution in [3.05, 3.63) is 46.8 Å². The number of hydrogen-bond donors (Lipinski definition) is 2. The molecule has 1 unspecified atom stereocenters. The van der Waals surface area contributed by atoms with Crippen LogP contribution in [0, 0.1) is 5.82 Å². The number of hydrazine groups is 1. The third-order valence-electron chi connectivity index (χ3n) is 2.84. The predicted molar refractivity (Wildman–Crippen MR) is 72.5 cm³/mol. The van der Waals surface area contributed by atoms with Crippen molar-refractivity contribution in [3.63, 3.8) is 0 Å². The zero-order chi connectivity index (χ0) is 14.5. The van der Waals surface area contributed by atoms with Gasteiger partial charge in [-0.1, -0.05) is 11.6 Å². The van der Waals surface area contributed by atoms with E-state index in [9.17, 15) is 4.39 Å². The summed E-state index contributed by atoms with van der Waals surface area (Å²) in [6.45, 7) is 0.929. The average molecular weight is 300 g/mol. The number of hydrogen-bond acceptors (Lipinski definition) is 5. The minimum Gasteiger partial charge on any atom is -0.383 e. The smallest absolute Gasteiger partial charge is 0.146 e. The lowest BCUT2D eigenvalue weighted by molar-refractivity contribution is 0.182.